The van der Waals surface area contributed by atoms with Crippen LogP contribution in [0.3, 0.4) is 0 Å². The van der Waals surface area contributed by atoms with E-state index in [1.807, 2.05) is 66.7 Å². The molecule has 7 aromatic carbocycles. The highest BCUT2D eigenvalue weighted by Crippen LogP contribution is 2.53. The summed E-state index contributed by atoms with van der Waals surface area (Å²) < 4.78 is 7.14. The maximum absolute atomic E-state index is 7.14. The van der Waals surface area contributed by atoms with E-state index in [1.165, 1.54) is 22.3 Å². The van der Waals surface area contributed by atoms with E-state index < -0.39 is 0 Å². The summed E-state index contributed by atoms with van der Waals surface area (Å²) in [4.78, 5) is 15.1. The smallest absolute Gasteiger partial charge is 0.164 e. The minimum absolute atomic E-state index is 0.195. The van der Waals surface area contributed by atoms with Crippen LogP contribution in [0.2, 0.25) is 0 Å². The fourth-order valence-corrected chi connectivity index (χ4v) is 8.00. The summed E-state index contributed by atoms with van der Waals surface area (Å²) in [7, 11) is 0. The van der Waals surface area contributed by atoms with Crippen molar-refractivity contribution in [2.24, 2.45) is 0 Å². The molecule has 0 bridgehead atoms. The van der Waals surface area contributed by atoms with Crippen molar-refractivity contribution in [1.82, 2.24) is 15.0 Å². The number of hydrogen-bond donors (Lipinski definition) is 0. The zero-order chi connectivity index (χ0) is 36.2. The summed E-state index contributed by atoms with van der Waals surface area (Å²) in [6.07, 6.45) is 4.43. The van der Waals surface area contributed by atoms with Crippen LogP contribution in [0.15, 0.2) is 164 Å². The Hall–Kier alpha value is -6.91. The molecule has 1 aliphatic carbocycles. The monoisotopic (exact) mass is 693 g/mol. The molecule has 4 heteroatoms. The fourth-order valence-electron chi connectivity index (χ4n) is 8.00. The van der Waals surface area contributed by atoms with Crippen molar-refractivity contribution in [3.05, 3.63) is 186 Å². The molecule has 4 nitrogen and oxygen atoms in total. The van der Waals surface area contributed by atoms with Crippen molar-refractivity contribution in [3.63, 3.8) is 0 Å². The van der Waals surface area contributed by atoms with E-state index in [9.17, 15) is 0 Å². The SMILES string of the molecule is CC1(C)c2ccccc2-c2cc3c(cc21)Oc1ccccc1-c1ccccc1/C=C\c1ccc(-c2nc(-c4ccccc4)nc(-c4ccccc4)n2)cc1-3. The van der Waals surface area contributed by atoms with Crippen LogP contribution >= 0.6 is 0 Å². The number of rotatable bonds is 3. The zero-order valence-corrected chi connectivity index (χ0v) is 30.0. The van der Waals surface area contributed by atoms with Gasteiger partial charge in [0.25, 0.3) is 0 Å². The molecule has 0 amide bonds. The molecule has 0 saturated heterocycles. The molecule has 2 heterocycles. The number of nitrogens with zero attached hydrogens (tertiary/aromatic N) is 3. The minimum atomic E-state index is -0.195. The summed E-state index contributed by atoms with van der Waals surface area (Å²) in [5.41, 5.74) is 14.0. The van der Waals surface area contributed by atoms with Gasteiger partial charge >= 0.3 is 0 Å². The quantitative estimate of drug-likeness (QED) is 0.185. The summed E-state index contributed by atoms with van der Waals surface area (Å²) in [6, 6.07) is 57.0. The van der Waals surface area contributed by atoms with Crippen LogP contribution in [0.4, 0.5) is 0 Å². The zero-order valence-electron chi connectivity index (χ0n) is 30.0. The normalized spacial score (nSPS) is 13.8. The van der Waals surface area contributed by atoms with Gasteiger partial charge in [0, 0.05) is 33.2 Å². The first-order valence-electron chi connectivity index (χ1n) is 18.4. The number of para-hydroxylation sites is 1. The number of benzene rings is 7. The Balaban J connectivity index is 1.24. The van der Waals surface area contributed by atoms with E-state index in [2.05, 4.69) is 123 Å². The lowest BCUT2D eigenvalue weighted by atomic mass is 9.81. The van der Waals surface area contributed by atoms with Crippen LogP contribution in [0.5, 0.6) is 11.5 Å². The van der Waals surface area contributed by atoms with Crippen molar-refractivity contribution in [2.75, 3.05) is 0 Å². The average molecular weight is 694 g/mol. The first kappa shape index (κ1) is 31.8. The van der Waals surface area contributed by atoms with Gasteiger partial charge in [0.2, 0.25) is 0 Å². The van der Waals surface area contributed by atoms with Gasteiger partial charge in [-0.05, 0) is 68.8 Å². The van der Waals surface area contributed by atoms with Crippen molar-refractivity contribution in [1.29, 1.82) is 0 Å². The van der Waals surface area contributed by atoms with Gasteiger partial charge in [0.1, 0.15) is 11.5 Å². The molecule has 0 spiro atoms. The van der Waals surface area contributed by atoms with E-state index in [4.69, 9.17) is 19.7 Å². The highest BCUT2D eigenvalue weighted by atomic mass is 16.5. The topological polar surface area (TPSA) is 47.9 Å². The average Bonchev–Trinajstić information content (AvgIpc) is 3.44. The molecular weight excluding hydrogens is 659 g/mol. The van der Waals surface area contributed by atoms with Crippen LogP contribution in [0.1, 0.15) is 36.1 Å². The van der Waals surface area contributed by atoms with Gasteiger partial charge < -0.3 is 4.74 Å². The Morgan fingerprint density at radius 2 is 0.926 bits per heavy atom. The Bertz CT molecular complexity index is 2710. The largest absolute Gasteiger partial charge is 0.456 e. The molecule has 0 N–H and O–H groups in total. The van der Waals surface area contributed by atoms with Gasteiger partial charge in [-0.1, -0.05) is 166 Å². The molecule has 1 aromatic heterocycles. The van der Waals surface area contributed by atoms with Crippen molar-refractivity contribution >= 4 is 12.2 Å². The molecule has 8 aromatic rings. The number of hydrogen-bond acceptors (Lipinski definition) is 4. The van der Waals surface area contributed by atoms with E-state index >= 15 is 0 Å². The summed E-state index contributed by atoms with van der Waals surface area (Å²) in [6.45, 7) is 4.62. The standard InChI is InChI=1S/C50H35N3O/c1-50(2)43-23-13-11-21-38(43)41-30-42-40-29-36(49-52-47(34-16-5-3-6-17-34)51-48(53-49)35-18-7-4-8-19-35)28-27-33(40)26-25-32-15-9-10-20-37(32)39-22-12-14-24-45(39)54-46(42)31-44(41)50/h3-31H,1-2H3/b26-25-. The van der Waals surface area contributed by atoms with Crippen LogP contribution in [0.25, 0.3) is 79.7 Å². The van der Waals surface area contributed by atoms with Gasteiger partial charge in [0.15, 0.2) is 17.5 Å². The summed E-state index contributed by atoms with van der Waals surface area (Å²) in [5, 5.41) is 0. The van der Waals surface area contributed by atoms with Gasteiger partial charge in [-0.25, -0.2) is 15.0 Å². The lowest BCUT2D eigenvalue weighted by Crippen LogP contribution is -2.15. The molecule has 2 aliphatic rings. The third kappa shape index (κ3) is 5.34. The molecule has 1 aliphatic heterocycles. The van der Waals surface area contributed by atoms with Gasteiger partial charge in [-0.3, -0.25) is 0 Å². The molecular formula is C50H35N3O. The summed E-state index contributed by atoms with van der Waals surface area (Å²) >= 11 is 0. The van der Waals surface area contributed by atoms with Crippen molar-refractivity contribution < 1.29 is 4.74 Å². The Labute approximate surface area is 315 Å². The van der Waals surface area contributed by atoms with E-state index in [0.717, 1.165) is 61.6 Å². The number of ether oxygens (including phenoxy) is 1. The third-order valence-corrected chi connectivity index (χ3v) is 10.8. The van der Waals surface area contributed by atoms with Crippen LogP contribution in [0, 0.1) is 0 Å². The first-order valence-corrected chi connectivity index (χ1v) is 18.4. The van der Waals surface area contributed by atoms with Crippen LogP contribution in [-0.2, 0) is 5.41 Å². The fraction of sp³-hybridized carbons (Fsp3) is 0.0600. The van der Waals surface area contributed by atoms with E-state index in [0.29, 0.717) is 17.5 Å². The maximum atomic E-state index is 7.14. The molecule has 0 atom stereocenters. The molecule has 0 radical (unpaired) electrons. The molecule has 0 unspecified atom stereocenters. The second-order valence-corrected chi connectivity index (χ2v) is 14.4. The predicted octanol–water partition coefficient (Wildman–Crippen LogP) is 12.8. The molecule has 0 saturated carbocycles. The Morgan fingerprint density at radius 1 is 0.370 bits per heavy atom. The van der Waals surface area contributed by atoms with Crippen LogP contribution in [-0.4, -0.2) is 15.0 Å². The Kier molecular flexibility index (Phi) is 7.44. The molecule has 10 rings (SSSR count). The van der Waals surface area contributed by atoms with E-state index in [1.54, 1.807) is 0 Å². The Morgan fingerprint density at radius 3 is 1.63 bits per heavy atom. The van der Waals surface area contributed by atoms with Gasteiger partial charge in [-0.15, -0.1) is 0 Å². The van der Waals surface area contributed by atoms with Gasteiger partial charge in [0.05, 0.1) is 0 Å². The first-order chi connectivity index (χ1) is 26.5. The second-order valence-electron chi connectivity index (χ2n) is 14.4. The molecule has 54 heavy (non-hydrogen) atoms. The van der Waals surface area contributed by atoms with Gasteiger partial charge in [-0.2, -0.15) is 0 Å². The van der Waals surface area contributed by atoms with Crippen molar-refractivity contribution in [3.8, 4) is 79.0 Å². The lowest BCUT2D eigenvalue weighted by Gasteiger charge is -2.23. The summed E-state index contributed by atoms with van der Waals surface area (Å²) in [5.74, 6) is 3.48. The number of fused-ring (bicyclic) bond motifs is 9. The maximum Gasteiger partial charge on any atom is 0.164 e. The second kappa shape index (κ2) is 12.6. The minimum Gasteiger partial charge on any atom is -0.456 e. The van der Waals surface area contributed by atoms with Crippen molar-refractivity contribution in [2.45, 2.75) is 19.3 Å². The van der Waals surface area contributed by atoms with E-state index in [-0.39, 0.29) is 5.41 Å². The molecule has 0 fully saturated rings. The third-order valence-electron chi connectivity index (χ3n) is 10.8. The highest BCUT2D eigenvalue weighted by molar-refractivity contribution is 5.93. The lowest BCUT2D eigenvalue weighted by molar-refractivity contribution is 0.484. The number of aromatic nitrogens is 3. The van der Waals surface area contributed by atoms with Crippen LogP contribution < -0.4 is 4.74 Å². The molecule has 256 valence electrons. The predicted molar refractivity (Wildman–Crippen MR) is 220 cm³/mol. The highest BCUT2D eigenvalue weighted by Gasteiger charge is 2.37.